The van der Waals surface area contributed by atoms with Crippen LogP contribution in [0.2, 0.25) is 0 Å². The van der Waals surface area contributed by atoms with Crippen molar-refractivity contribution < 1.29 is 12.8 Å². The Labute approximate surface area is 175 Å². The van der Waals surface area contributed by atoms with E-state index in [4.69, 9.17) is 5.73 Å². The van der Waals surface area contributed by atoms with E-state index in [0.717, 1.165) is 26.5 Å². The van der Waals surface area contributed by atoms with E-state index in [1.807, 2.05) is 13.0 Å². The molecule has 1 heterocycles. The molecule has 3 aromatic rings. The normalized spacial score (nSPS) is 12.5. The number of fused-ring (bicyclic) bond motifs is 1. The van der Waals surface area contributed by atoms with E-state index in [9.17, 15) is 18.1 Å². The maximum atomic E-state index is 14.3. The summed E-state index contributed by atoms with van der Waals surface area (Å²) >= 11 is 0. The minimum Gasteiger partial charge on any atom is -0.337 e. The Morgan fingerprint density at radius 3 is 2.63 bits per heavy atom. The Morgan fingerprint density at radius 1 is 1.27 bits per heavy atom. The number of nitrogens with two attached hydrogens (primary N) is 1. The molecule has 0 radical (unpaired) electrons. The van der Waals surface area contributed by atoms with Crippen molar-refractivity contribution in [1.82, 2.24) is 8.87 Å². The van der Waals surface area contributed by atoms with Gasteiger partial charge in [0.05, 0.1) is 23.1 Å². The molecule has 0 saturated heterocycles. The highest BCUT2D eigenvalue weighted by Gasteiger charge is 2.21. The molecule has 0 aliphatic carbocycles. The van der Waals surface area contributed by atoms with Crippen molar-refractivity contribution >= 4 is 20.9 Å². The van der Waals surface area contributed by atoms with Gasteiger partial charge in [0.15, 0.2) is 0 Å². The molecular formula is C22H23FN4O2S. The molecule has 0 fully saturated rings. The molecule has 0 spiro atoms. The molecule has 0 saturated carbocycles. The van der Waals surface area contributed by atoms with Gasteiger partial charge >= 0.3 is 0 Å². The highest BCUT2D eigenvalue weighted by Crippen LogP contribution is 2.36. The second-order valence-electron chi connectivity index (χ2n) is 7.09. The van der Waals surface area contributed by atoms with Gasteiger partial charge in [-0.15, -0.1) is 0 Å². The molecule has 3 rings (SSSR count). The molecule has 6 nitrogen and oxygen atoms in total. The molecule has 2 aromatic carbocycles. The second kappa shape index (κ2) is 8.40. The van der Waals surface area contributed by atoms with Crippen molar-refractivity contribution in [1.29, 1.82) is 5.26 Å². The largest absolute Gasteiger partial charge is 0.337 e. The molecule has 2 N–H and O–H groups in total. The minimum atomic E-state index is -3.61. The monoisotopic (exact) mass is 426 g/mol. The summed E-state index contributed by atoms with van der Waals surface area (Å²) in [4.78, 5) is 0.163. The molecule has 0 aliphatic heterocycles. The van der Waals surface area contributed by atoms with Crippen LogP contribution >= 0.6 is 0 Å². The zero-order valence-corrected chi connectivity index (χ0v) is 17.9. The molecule has 0 atom stereocenters. The third kappa shape index (κ3) is 3.87. The van der Waals surface area contributed by atoms with Crippen molar-refractivity contribution in [3.8, 4) is 17.2 Å². The van der Waals surface area contributed by atoms with E-state index in [-0.39, 0.29) is 23.8 Å². The lowest BCUT2D eigenvalue weighted by atomic mass is 10.0. The number of aromatic nitrogens is 1. The third-order valence-electron chi connectivity index (χ3n) is 5.00. The smallest absolute Gasteiger partial charge is 0.242 e. The number of hydrogen-bond acceptors (Lipinski definition) is 4. The predicted octanol–water partition coefficient (Wildman–Crippen LogP) is 3.55. The van der Waals surface area contributed by atoms with E-state index in [1.54, 1.807) is 34.9 Å². The Bertz CT molecular complexity index is 1280. The van der Waals surface area contributed by atoms with Crippen LogP contribution in [0.3, 0.4) is 0 Å². The van der Waals surface area contributed by atoms with Gasteiger partial charge in [-0.2, -0.15) is 5.26 Å². The van der Waals surface area contributed by atoms with Crippen molar-refractivity contribution in [2.75, 3.05) is 20.6 Å². The lowest BCUT2D eigenvalue weighted by molar-refractivity contribution is 0.521. The topological polar surface area (TPSA) is 92.1 Å². The van der Waals surface area contributed by atoms with Crippen LogP contribution in [-0.4, -0.2) is 37.9 Å². The molecule has 30 heavy (non-hydrogen) atoms. The molecule has 0 aliphatic rings. The Morgan fingerprint density at radius 2 is 2.00 bits per heavy atom. The van der Waals surface area contributed by atoms with Crippen LogP contribution < -0.4 is 5.73 Å². The number of benzene rings is 2. The summed E-state index contributed by atoms with van der Waals surface area (Å²) in [5.41, 5.74) is 8.85. The fourth-order valence-electron chi connectivity index (χ4n) is 3.49. The average Bonchev–Trinajstić information content (AvgIpc) is 2.98. The van der Waals surface area contributed by atoms with Gasteiger partial charge in [0, 0.05) is 42.8 Å². The second-order valence-corrected chi connectivity index (χ2v) is 9.24. The lowest BCUT2D eigenvalue weighted by Crippen LogP contribution is -2.22. The van der Waals surface area contributed by atoms with E-state index in [2.05, 4.69) is 6.07 Å². The first-order chi connectivity index (χ1) is 14.2. The van der Waals surface area contributed by atoms with Crippen molar-refractivity contribution in [3.63, 3.8) is 0 Å². The van der Waals surface area contributed by atoms with Gasteiger partial charge in [-0.25, -0.2) is 17.1 Å². The van der Waals surface area contributed by atoms with Gasteiger partial charge in [0.1, 0.15) is 5.83 Å². The zero-order chi connectivity index (χ0) is 22.1. The number of allylic oxidation sites excluding steroid dienone is 1. The summed E-state index contributed by atoms with van der Waals surface area (Å²) in [5.74, 6) is -0.364. The van der Waals surface area contributed by atoms with Gasteiger partial charge in [-0.3, -0.25) is 0 Å². The minimum absolute atomic E-state index is 0.00111. The van der Waals surface area contributed by atoms with Crippen LogP contribution in [0.5, 0.6) is 0 Å². The fourth-order valence-corrected chi connectivity index (χ4v) is 4.43. The maximum absolute atomic E-state index is 14.3. The van der Waals surface area contributed by atoms with Gasteiger partial charge < -0.3 is 10.3 Å². The summed E-state index contributed by atoms with van der Waals surface area (Å²) in [5, 5.41) is 10.1. The third-order valence-corrected chi connectivity index (χ3v) is 6.81. The first-order valence-corrected chi connectivity index (χ1v) is 10.7. The molecule has 1 aromatic heterocycles. The van der Waals surface area contributed by atoms with Crippen molar-refractivity contribution in [3.05, 3.63) is 65.6 Å². The number of halogens is 1. The van der Waals surface area contributed by atoms with Gasteiger partial charge in [0.2, 0.25) is 10.0 Å². The molecule has 0 unspecified atom stereocenters. The van der Waals surface area contributed by atoms with Crippen molar-refractivity contribution in [2.45, 2.75) is 18.4 Å². The Kier molecular flexibility index (Phi) is 6.08. The summed E-state index contributed by atoms with van der Waals surface area (Å²) in [6.45, 7) is 1.95. The summed E-state index contributed by atoms with van der Waals surface area (Å²) in [7, 11) is -0.661. The lowest BCUT2D eigenvalue weighted by Gasteiger charge is -2.13. The Balaban J connectivity index is 2.30. The fraction of sp³-hybridized carbons (Fsp3) is 0.227. The summed E-state index contributed by atoms with van der Waals surface area (Å²) in [6, 6.07) is 14.0. The number of sulfonamides is 1. The molecule has 0 amide bonds. The van der Waals surface area contributed by atoms with Crippen LogP contribution in [0.1, 0.15) is 11.3 Å². The zero-order valence-electron chi connectivity index (χ0n) is 17.1. The van der Waals surface area contributed by atoms with E-state index in [1.165, 1.54) is 26.2 Å². The van der Waals surface area contributed by atoms with Crippen molar-refractivity contribution in [2.24, 2.45) is 5.73 Å². The first kappa shape index (κ1) is 21.7. The van der Waals surface area contributed by atoms with Gasteiger partial charge in [-0.1, -0.05) is 12.1 Å². The van der Waals surface area contributed by atoms with E-state index < -0.39 is 10.0 Å². The van der Waals surface area contributed by atoms with Crippen LogP contribution in [0, 0.1) is 18.3 Å². The molecular weight excluding hydrogens is 403 g/mol. The molecule has 8 heteroatoms. The number of nitrogens with zero attached hydrogens (tertiary/aromatic N) is 3. The summed E-state index contributed by atoms with van der Waals surface area (Å²) in [6.07, 6.45) is 1.32. The Hall–Kier alpha value is -2.99. The van der Waals surface area contributed by atoms with Gasteiger partial charge in [0.25, 0.3) is 0 Å². The first-order valence-electron chi connectivity index (χ1n) is 9.31. The number of rotatable bonds is 6. The number of hydrogen-bond donors (Lipinski definition) is 1. The van der Waals surface area contributed by atoms with Crippen LogP contribution in [-0.2, 0) is 16.6 Å². The van der Waals surface area contributed by atoms with Crippen LogP contribution in [0.4, 0.5) is 4.39 Å². The van der Waals surface area contributed by atoms with E-state index in [0.29, 0.717) is 11.1 Å². The maximum Gasteiger partial charge on any atom is 0.242 e. The molecule has 0 bridgehead atoms. The number of nitriles is 1. The average molecular weight is 427 g/mol. The highest BCUT2D eigenvalue weighted by molar-refractivity contribution is 7.89. The standard InChI is InChI=1S/C22H23FN4O2S/c1-15-22(17-5-4-6-19(12-17)30(28,29)26(2)3)20-11-16(13-25)7-8-21(20)27(15)14-18(23)9-10-24/h4-9,11-12H,10,14,24H2,1-3H3/b18-9-. The van der Waals surface area contributed by atoms with Crippen LogP contribution in [0.25, 0.3) is 22.0 Å². The predicted molar refractivity (Wildman–Crippen MR) is 116 cm³/mol. The highest BCUT2D eigenvalue weighted by atomic mass is 32.2. The summed E-state index contributed by atoms with van der Waals surface area (Å²) < 4.78 is 42.4. The van der Waals surface area contributed by atoms with Gasteiger partial charge in [-0.05, 0) is 48.9 Å². The SMILES string of the molecule is Cc1c(-c2cccc(S(=O)(=O)N(C)C)c2)c2cc(C#N)ccc2n1C/C(F)=C/CN. The van der Waals surface area contributed by atoms with E-state index >= 15 is 0 Å². The molecule has 156 valence electrons. The van der Waals surface area contributed by atoms with Crippen LogP contribution in [0.15, 0.2) is 59.3 Å². The quantitative estimate of drug-likeness (QED) is 0.652.